The summed E-state index contributed by atoms with van der Waals surface area (Å²) in [5, 5.41) is 2.24. The van der Waals surface area contributed by atoms with Crippen LogP contribution < -0.4 is 0 Å². The van der Waals surface area contributed by atoms with E-state index in [1.54, 1.807) is 17.0 Å². The van der Waals surface area contributed by atoms with Crippen molar-refractivity contribution in [3.8, 4) is 0 Å². The van der Waals surface area contributed by atoms with E-state index in [-0.39, 0.29) is 10.9 Å². The lowest BCUT2D eigenvalue weighted by Gasteiger charge is -2.10. The molecule has 0 amide bonds. The zero-order valence-electron chi connectivity index (χ0n) is 14.4. The lowest BCUT2D eigenvalue weighted by Crippen LogP contribution is -2.14. The van der Waals surface area contributed by atoms with E-state index < -0.39 is 9.84 Å². The van der Waals surface area contributed by atoms with Gasteiger partial charge >= 0.3 is 0 Å². The minimum Gasteiger partial charge on any atom is -0.317 e. The molecule has 27 heavy (non-hydrogen) atoms. The van der Waals surface area contributed by atoms with Crippen LogP contribution in [0.3, 0.4) is 0 Å². The number of sulfone groups is 1. The Labute approximate surface area is 171 Å². The Balaban J connectivity index is 1.64. The first-order valence-electron chi connectivity index (χ1n) is 8.48. The number of fused-ring (bicyclic) bond motifs is 1. The molecule has 0 fully saturated rings. The van der Waals surface area contributed by atoms with Crippen molar-refractivity contribution in [3.05, 3.63) is 93.8 Å². The monoisotopic (exact) mass is 488 g/mol. The molecule has 0 aliphatic carbocycles. The molecular formula is C21H17IN2O2S. The fourth-order valence-corrected chi connectivity index (χ4v) is 5.13. The van der Waals surface area contributed by atoms with E-state index in [0.717, 1.165) is 25.5 Å². The van der Waals surface area contributed by atoms with Gasteiger partial charge in [-0.1, -0.05) is 60.7 Å². The second kappa shape index (κ2) is 7.44. The number of nitrogens with zero attached hydrogens (tertiary/aromatic N) is 2. The zero-order valence-corrected chi connectivity index (χ0v) is 17.4. The quantitative estimate of drug-likeness (QED) is 0.384. The third kappa shape index (κ3) is 3.91. The highest BCUT2D eigenvalue weighted by molar-refractivity contribution is 14.1. The van der Waals surface area contributed by atoms with Gasteiger partial charge in [-0.15, -0.1) is 0 Å². The van der Waals surface area contributed by atoms with Crippen LogP contribution in [0.5, 0.6) is 0 Å². The van der Waals surface area contributed by atoms with Crippen LogP contribution in [0.1, 0.15) is 11.1 Å². The molecule has 0 radical (unpaired) electrons. The van der Waals surface area contributed by atoms with Crippen LogP contribution >= 0.6 is 22.6 Å². The third-order valence-electron chi connectivity index (χ3n) is 4.42. The van der Waals surface area contributed by atoms with Gasteiger partial charge in [0.1, 0.15) is 0 Å². The molecule has 0 spiro atoms. The molecular weight excluding hydrogens is 471 g/mol. The molecule has 3 aromatic carbocycles. The van der Waals surface area contributed by atoms with Crippen molar-refractivity contribution in [2.75, 3.05) is 0 Å². The standard InChI is InChI=1S/C21H17IN2O2S/c22-20-8-4-3-7-19(20)14-24-12-11-23-21(24)27(25,26)15-16-9-10-17-5-1-2-6-18(17)13-16/h1-13H,14-15H2. The molecule has 0 aliphatic heterocycles. The second-order valence-electron chi connectivity index (χ2n) is 6.37. The maximum atomic E-state index is 13.0. The molecule has 0 bridgehead atoms. The van der Waals surface area contributed by atoms with E-state index in [1.807, 2.05) is 66.7 Å². The molecule has 4 nitrogen and oxygen atoms in total. The first-order valence-corrected chi connectivity index (χ1v) is 11.2. The lowest BCUT2D eigenvalue weighted by molar-refractivity contribution is 0.571. The number of hydrogen-bond donors (Lipinski definition) is 0. The van der Waals surface area contributed by atoms with Gasteiger partial charge in [-0.2, -0.15) is 0 Å². The number of imidazole rings is 1. The zero-order chi connectivity index (χ0) is 18.9. The largest absolute Gasteiger partial charge is 0.317 e. The topological polar surface area (TPSA) is 52.0 Å². The number of halogens is 1. The molecule has 4 rings (SSSR count). The molecule has 0 atom stereocenters. The highest BCUT2D eigenvalue weighted by atomic mass is 127. The molecule has 0 saturated heterocycles. The molecule has 136 valence electrons. The molecule has 0 saturated carbocycles. The van der Waals surface area contributed by atoms with Crippen molar-refractivity contribution < 1.29 is 8.42 Å². The Morgan fingerprint density at radius 3 is 2.48 bits per heavy atom. The van der Waals surface area contributed by atoms with Crippen molar-refractivity contribution in [1.29, 1.82) is 0 Å². The predicted octanol–water partition coefficient (Wildman–Crippen LogP) is 4.66. The molecule has 0 unspecified atom stereocenters. The van der Waals surface area contributed by atoms with Gasteiger partial charge in [-0.3, -0.25) is 0 Å². The third-order valence-corrected chi connectivity index (χ3v) is 7.09. The Kier molecular flexibility index (Phi) is 5.01. The van der Waals surface area contributed by atoms with Crippen LogP contribution in [0.15, 0.2) is 84.3 Å². The van der Waals surface area contributed by atoms with Gasteiger partial charge in [-0.25, -0.2) is 13.4 Å². The van der Waals surface area contributed by atoms with Crippen molar-refractivity contribution >= 4 is 43.2 Å². The van der Waals surface area contributed by atoms with Crippen LogP contribution in [0.2, 0.25) is 0 Å². The number of benzene rings is 3. The van der Waals surface area contributed by atoms with E-state index in [2.05, 4.69) is 27.6 Å². The summed E-state index contributed by atoms with van der Waals surface area (Å²) in [5.41, 5.74) is 1.83. The molecule has 0 aliphatic rings. The smallest absolute Gasteiger partial charge is 0.228 e. The Bertz CT molecular complexity index is 1220. The molecule has 1 heterocycles. The minimum absolute atomic E-state index is 0.0687. The van der Waals surface area contributed by atoms with E-state index in [1.165, 1.54) is 0 Å². The van der Waals surface area contributed by atoms with Crippen LogP contribution in [0.25, 0.3) is 10.8 Å². The summed E-state index contributed by atoms with van der Waals surface area (Å²) in [6.07, 6.45) is 3.26. The van der Waals surface area contributed by atoms with Gasteiger partial charge in [0.05, 0.1) is 12.3 Å². The highest BCUT2D eigenvalue weighted by Crippen LogP contribution is 2.21. The van der Waals surface area contributed by atoms with Gasteiger partial charge in [0.2, 0.25) is 15.0 Å². The molecule has 6 heteroatoms. The van der Waals surface area contributed by atoms with E-state index in [9.17, 15) is 8.42 Å². The van der Waals surface area contributed by atoms with Gasteiger partial charge in [-0.05, 0) is 50.6 Å². The fraction of sp³-hybridized carbons (Fsp3) is 0.0952. The molecule has 4 aromatic rings. The first kappa shape index (κ1) is 18.2. The summed E-state index contributed by atoms with van der Waals surface area (Å²) in [6.45, 7) is 0.478. The maximum Gasteiger partial charge on any atom is 0.228 e. The van der Waals surface area contributed by atoms with Gasteiger partial charge in [0, 0.05) is 16.0 Å². The van der Waals surface area contributed by atoms with Crippen LogP contribution in [-0.4, -0.2) is 18.0 Å². The second-order valence-corrected chi connectivity index (χ2v) is 9.42. The number of hydrogen-bond acceptors (Lipinski definition) is 3. The summed E-state index contributed by atoms with van der Waals surface area (Å²) >= 11 is 2.26. The maximum absolute atomic E-state index is 13.0. The van der Waals surface area contributed by atoms with Gasteiger partial charge in [0.15, 0.2) is 0 Å². The van der Waals surface area contributed by atoms with Crippen molar-refractivity contribution in [3.63, 3.8) is 0 Å². The number of aromatic nitrogens is 2. The van der Waals surface area contributed by atoms with E-state index in [4.69, 9.17) is 0 Å². The normalized spacial score (nSPS) is 11.7. The summed E-state index contributed by atoms with van der Waals surface area (Å²) < 4.78 is 28.8. The summed E-state index contributed by atoms with van der Waals surface area (Å²) in [5.74, 6) is -0.0687. The summed E-state index contributed by atoms with van der Waals surface area (Å²) in [4.78, 5) is 4.14. The Hall–Kier alpha value is -2.19. The Morgan fingerprint density at radius 1 is 0.926 bits per heavy atom. The van der Waals surface area contributed by atoms with Crippen LogP contribution in [0.4, 0.5) is 0 Å². The Morgan fingerprint density at radius 2 is 1.67 bits per heavy atom. The molecule has 0 N–H and O–H groups in total. The average Bonchev–Trinajstić information content (AvgIpc) is 3.12. The van der Waals surface area contributed by atoms with E-state index >= 15 is 0 Å². The summed E-state index contributed by atoms with van der Waals surface area (Å²) in [6, 6.07) is 21.6. The first-order chi connectivity index (χ1) is 13.0. The fourth-order valence-electron chi connectivity index (χ4n) is 3.12. The number of rotatable bonds is 5. The molecule has 1 aromatic heterocycles. The predicted molar refractivity (Wildman–Crippen MR) is 115 cm³/mol. The minimum atomic E-state index is -3.55. The lowest BCUT2D eigenvalue weighted by atomic mass is 10.1. The summed E-state index contributed by atoms with van der Waals surface area (Å²) in [7, 11) is -3.55. The van der Waals surface area contributed by atoms with Crippen molar-refractivity contribution in [1.82, 2.24) is 9.55 Å². The van der Waals surface area contributed by atoms with Crippen molar-refractivity contribution in [2.24, 2.45) is 0 Å². The van der Waals surface area contributed by atoms with Crippen LogP contribution in [-0.2, 0) is 22.1 Å². The average molecular weight is 488 g/mol. The SMILES string of the molecule is O=S(=O)(Cc1ccc2ccccc2c1)c1nccn1Cc1ccccc1I. The van der Waals surface area contributed by atoms with Crippen molar-refractivity contribution in [2.45, 2.75) is 17.5 Å². The highest BCUT2D eigenvalue weighted by Gasteiger charge is 2.22. The van der Waals surface area contributed by atoms with Gasteiger partial charge in [0.25, 0.3) is 0 Å². The van der Waals surface area contributed by atoms with Gasteiger partial charge < -0.3 is 4.57 Å². The van der Waals surface area contributed by atoms with Crippen LogP contribution in [0, 0.1) is 3.57 Å². The van der Waals surface area contributed by atoms with E-state index in [0.29, 0.717) is 6.54 Å².